The molecule has 0 saturated carbocycles. The van der Waals surface area contributed by atoms with Crippen molar-refractivity contribution in [2.45, 2.75) is 20.0 Å². The fraction of sp³-hybridized carbons (Fsp3) is 0.267. The molecular formula is C15H14F3N3O4. The summed E-state index contributed by atoms with van der Waals surface area (Å²) < 4.78 is 45.7. The van der Waals surface area contributed by atoms with Gasteiger partial charge in [-0.25, -0.2) is 4.98 Å². The summed E-state index contributed by atoms with van der Waals surface area (Å²) in [4.78, 5) is 27.4. The molecule has 0 aliphatic carbocycles. The predicted molar refractivity (Wildman–Crippen MR) is 78.9 cm³/mol. The summed E-state index contributed by atoms with van der Waals surface area (Å²) >= 11 is 0. The summed E-state index contributed by atoms with van der Waals surface area (Å²) in [5, 5.41) is 0. The molecule has 0 radical (unpaired) electrons. The molecule has 0 spiro atoms. The molecule has 10 heteroatoms. The van der Waals surface area contributed by atoms with Crippen LogP contribution in [0.1, 0.15) is 32.2 Å². The summed E-state index contributed by atoms with van der Waals surface area (Å²) in [6.07, 6.45) is -3.45. The van der Waals surface area contributed by atoms with Gasteiger partial charge in [-0.3, -0.25) is 20.4 Å². The predicted octanol–water partition coefficient (Wildman–Crippen LogP) is 2.31. The molecule has 2 N–H and O–H groups in total. The number of hydrazine groups is 1. The summed E-state index contributed by atoms with van der Waals surface area (Å²) in [6, 6.07) is 3.85. The molecule has 7 nitrogen and oxygen atoms in total. The second-order valence-electron chi connectivity index (χ2n) is 5.02. The third-order valence-corrected chi connectivity index (χ3v) is 2.96. The number of aromatic nitrogens is 1. The smallest absolute Gasteiger partial charge is 0.422 e. The Morgan fingerprint density at radius 2 is 1.88 bits per heavy atom. The number of hydrogen-bond donors (Lipinski definition) is 2. The lowest BCUT2D eigenvalue weighted by atomic mass is 10.2. The zero-order valence-electron chi connectivity index (χ0n) is 13.2. The van der Waals surface area contributed by atoms with Gasteiger partial charge in [0.25, 0.3) is 11.8 Å². The van der Waals surface area contributed by atoms with Crippen molar-refractivity contribution >= 4 is 11.8 Å². The number of pyridine rings is 1. The molecule has 0 bridgehead atoms. The number of nitrogens with zero attached hydrogens (tertiary/aromatic N) is 1. The molecule has 2 aromatic heterocycles. The molecule has 0 saturated heterocycles. The van der Waals surface area contributed by atoms with Gasteiger partial charge in [0.1, 0.15) is 11.5 Å². The summed E-state index contributed by atoms with van der Waals surface area (Å²) in [5.41, 5.74) is 4.67. The van der Waals surface area contributed by atoms with Gasteiger partial charge < -0.3 is 9.15 Å². The van der Waals surface area contributed by atoms with E-state index < -0.39 is 24.6 Å². The number of aryl methyl sites for hydroxylation is 2. The third kappa shape index (κ3) is 5.23. The number of halogens is 3. The highest BCUT2D eigenvalue weighted by atomic mass is 19.4. The number of carbonyl (C=O) groups is 2. The van der Waals surface area contributed by atoms with Gasteiger partial charge in [0.05, 0.1) is 11.1 Å². The maximum atomic E-state index is 12.0. The number of nitrogens with one attached hydrogen (secondary N) is 2. The Morgan fingerprint density at radius 1 is 1.20 bits per heavy atom. The van der Waals surface area contributed by atoms with Crippen molar-refractivity contribution in [3.05, 3.63) is 47.0 Å². The number of rotatable bonds is 4. The molecule has 0 atom stereocenters. The zero-order chi connectivity index (χ0) is 18.6. The van der Waals surface area contributed by atoms with E-state index in [0.717, 1.165) is 12.3 Å². The van der Waals surface area contributed by atoms with Crippen LogP contribution in [0.15, 0.2) is 28.8 Å². The highest BCUT2D eigenvalue weighted by Crippen LogP contribution is 2.17. The topological polar surface area (TPSA) is 93.5 Å². The van der Waals surface area contributed by atoms with Gasteiger partial charge in [-0.2, -0.15) is 13.2 Å². The van der Waals surface area contributed by atoms with Crippen molar-refractivity contribution in [3.63, 3.8) is 0 Å². The number of amides is 2. The van der Waals surface area contributed by atoms with Crippen LogP contribution in [0.25, 0.3) is 0 Å². The van der Waals surface area contributed by atoms with Crippen molar-refractivity contribution < 1.29 is 31.9 Å². The van der Waals surface area contributed by atoms with E-state index in [4.69, 9.17) is 4.42 Å². The average Bonchev–Trinajstić information content (AvgIpc) is 2.88. The molecule has 0 fully saturated rings. The Kier molecular flexibility index (Phi) is 5.30. The van der Waals surface area contributed by atoms with E-state index in [1.165, 1.54) is 12.1 Å². The van der Waals surface area contributed by atoms with Gasteiger partial charge in [-0.15, -0.1) is 0 Å². The SMILES string of the molecule is Cc1cc(C(=O)NNC(=O)c2ccc(OCC(F)(F)F)nc2)c(C)o1. The molecule has 2 amide bonds. The van der Waals surface area contributed by atoms with Crippen molar-refractivity contribution in [2.24, 2.45) is 0 Å². The Hall–Kier alpha value is -3.04. The Morgan fingerprint density at radius 3 is 2.40 bits per heavy atom. The molecule has 25 heavy (non-hydrogen) atoms. The first kappa shape index (κ1) is 18.3. The van der Waals surface area contributed by atoms with E-state index in [0.29, 0.717) is 11.5 Å². The van der Waals surface area contributed by atoms with Crippen LogP contribution in [0, 0.1) is 13.8 Å². The minimum atomic E-state index is -4.48. The van der Waals surface area contributed by atoms with Crippen molar-refractivity contribution in [1.29, 1.82) is 0 Å². The van der Waals surface area contributed by atoms with E-state index in [1.54, 1.807) is 13.8 Å². The second kappa shape index (κ2) is 7.24. The lowest BCUT2D eigenvalue weighted by Crippen LogP contribution is -2.41. The Balaban J connectivity index is 1.90. The lowest BCUT2D eigenvalue weighted by Gasteiger charge is -2.09. The lowest BCUT2D eigenvalue weighted by molar-refractivity contribution is -0.154. The molecule has 0 aliphatic rings. The first-order chi connectivity index (χ1) is 11.7. The molecule has 0 aliphatic heterocycles. The van der Waals surface area contributed by atoms with Gasteiger partial charge in [0.15, 0.2) is 6.61 Å². The number of hydrogen-bond acceptors (Lipinski definition) is 5. The van der Waals surface area contributed by atoms with E-state index in [-0.39, 0.29) is 17.0 Å². The minimum absolute atomic E-state index is 0.0276. The fourth-order valence-corrected chi connectivity index (χ4v) is 1.87. The molecule has 2 heterocycles. The first-order valence-corrected chi connectivity index (χ1v) is 6.99. The Labute approximate surface area is 140 Å². The highest BCUT2D eigenvalue weighted by Gasteiger charge is 2.28. The molecule has 0 aromatic carbocycles. The summed E-state index contributed by atoms with van der Waals surface area (Å²) in [6.45, 7) is 1.80. The van der Waals surface area contributed by atoms with E-state index in [2.05, 4.69) is 20.6 Å². The van der Waals surface area contributed by atoms with Crippen molar-refractivity contribution in [3.8, 4) is 5.88 Å². The largest absolute Gasteiger partial charge is 0.468 e. The van der Waals surface area contributed by atoms with Crippen LogP contribution in [-0.4, -0.2) is 29.6 Å². The Bertz CT molecular complexity index is 769. The maximum absolute atomic E-state index is 12.0. The summed E-state index contributed by atoms with van der Waals surface area (Å²) in [5.74, 6) is -0.589. The molecule has 0 unspecified atom stereocenters. The normalized spacial score (nSPS) is 11.1. The number of alkyl halides is 3. The van der Waals surface area contributed by atoms with Gasteiger partial charge in [0, 0.05) is 12.3 Å². The highest BCUT2D eigenvalue weighted by molar-refractivity contribution is 5.99. The average molecular weight is 357 g/mol. The van der Waals surface area contributed by atoms with Crippen LogP contribution in [-0.2, 0) is 0 Å². The molecular weight excluding hydrogens is 343 g/mol. The molecule has 2 rings (SSSR count). The number of furan rings is 1. The van der Waals surface area contributed by atoms with Crippen LogP contribution >= 0.6 is 0 Å². The summed E-state index contributed by atoms with van der Waals surface area (Å²) in [7, 11) is 0. The zero-order valence-corrected chi connectivity index (χ0v) is 13.2. The number of carbonyl (C=O) groups excluding carboxylic acids is 2. The third-order valence-electron chi connectivity index (χ3n) is 2.96. The van der Waals surface area contributed by atoms with Crippen LogP contribution in [0.5, 0.6) is 5.88 Å². The van der Waals surface area contributed by atoms with Crippen LogP contribution in [0.4, 0.5) is 13.2 Å². The monoisotopic (exact) mass is 357 g/mol. The van der Waals surface area contributed by atoms with E-state index in [1.807, 2.05) is 0 Å². The van der Waals surface area contributed by atoms with E-state index >= 15 is 0 Å². The minimum Gasteiger partial charge on any atom is -0.468 e. The van der Waals surface area contributed by atoms with Crippen LogP contribution < -0.4 is 15.6 Å². The van der Waals surface area contributed by atoms with Crippen molar-refractivity contribution in [1.82, 2.24) is 15.8 Å². The first-order valence-electron chi connectivity index (χ1n) is 6.99. The van der Waals surface area contributed by atoms with Gasteiger partial charge in [0.2, 0.25) is 5.88 Å². The van der Waals surface area contributed by atoms with Gasteiger partial charge >= 0.3 is 6.18 Å². The quantitative estimate of drug-likeness (QED) is 0.819. The fourth-order valence-electron chi connectivity index (χ4n) is 1.87. The molecule has 134 valence electrons. The number of ether oxygens (including phenoxy) is 1. The standard InChI is InChI=1S/C15H14F3N3O4/c1-8-5-11(9(2)25-8)14(23)21-20-13(22)10-3-4-12(19-6-10)24-7-15(16,17)18/h3-6H,7H2,1-2H3,(H,20,22)(H,21,23). The van der Waals surface area contributed by atoms with Crippen molar-refractivity contribution in [2.75, 3.05) is 6.61 Å². The maximum Gasteiger partial charge on any atom is 0.422 e. The van der Waals surface area contributed by atoms with Crippen LogP contribution in [0.3, 0.4) is 0 Å². The molecule has 2 aromatic rings. The second-order valence-corrected chi connectivity index (χ2v) is 5.02. The van der Waals surface area contributed by atoms with Gasteiger partial charge in [-0.1, -0.05) is 0 Å². The van der Waals surface area contributed by atoms with E-state index in [9.17, 15) is 22.8 Å². The van der Waals surface area contributed by atoms with Gasteiger partial charge in [-0.05, 0) is 26.0 Å². The van der Waals surface area contributed by atoms with Crippen LogP contribution in [0.2, 0.25) is 0 Å².